The third kappa shape index (κ3) is 7.80. The van der Waals surface area contributed by atoms with Gasteiger partial charge in [0.15, 0.2) is 0 Å². The molecule has 202 valence electrons. The van der Waals surface area contributed by atoms with Gasteiger partial charge in [-0.3, -0.25) is 4.79 Å². The van der Waals surface area contributed by atoms with Crippen molar-refractivity contribution in [2.24, 2.45) is 16.2 Å². The molecule has 0 spiro atoms. The van der Waals surface area contributed by atoms with E-state index in [1.54, 1.807) is 11.8 Å². The number of fused-ring (bicyclic) bond motifs is 1. The standard InChI is InChI=1S/C32H44O2S3/c1-28(2,3)20-31(9,29(4,5)6)27(33)34-30(7,8)21-32(10,35)37-24-17-16-23-18-25(36-26(23)19-24)22-14-12-11-13-15-22/h11-19,35H,20-21H2,1-10H3. The Morgan fingerprint density at radius 3 is 2.05 bits per heavy atom. The van der Waals surface area contributed by atoms with Crippen LogP contribution in [0.4, 0.5) is 0 Å². The Bertz CT molecular complexity index is 1230. The third-order valence-corrected chi connectivity index (χ3v) is 9.65. The van der Waals surface area contributed by atoms with Crippen molar-refractivity contribution in [2.45, 2.75) is 96.7 Å². The summed E-state index contributed by atoms with van der Waals surface area (Å²) in [4.78, 5) is 16.1. The van der Waals surface area contributed by atoms with E-state index in [0.29, 0.717) is 6.42 Å². The number of rotatable bonds is 8. The molecule has 0 saturated carbocycles. The molecule has 3 aromatic rings. The summed E-state index contributed by atoms with van der Waals surface area (Å²) in [7, 11) is 0. The van der Waals surface area contributed by atoms with Crippen LogP contribution in [-0.4, -0.2) is 15.6 Å². The Morgan fingerprint density at radius 2 is 1.49 bits per heavy atom. The first kappa shape index (κ1) is 30.1. The molecule has 2 atom stereocenters. The lowest BCUT2D eigenvalue weighted by Gasteiger charge is -2.45. The maximum absolute atomic E-state index is 13.7. The smallest absolute Gasteiger partial charge is 0.312 e. The predicted molar refractivity (Wildman–Crippen MR) is 167 cm³/mol. The molecule has 0 amide bonds. The average Bonchev–Trinajstić information content (AvgIpc) is 3.14. The first-order chi connectivity index (χ1) is 16.8. The van der Waals surface area contributed by atoms with Crippen LogP contribution in [0.5, 0.6) is 0 Å². The van der Waals surface area contributed by atoms with Crippen molar-refractivity contribution in [3.63, 3.8) is 0 Å². The first-order valence-corrected chi connectivity index (χ1v) is 15.1. The Morgan fingerprint density at radius 1 is 0.865 bits per heavy atom. The highest BCUT2D eigenvalue weighted by Crippen LogP contribution is 2.49. The summed E-state index contributed by atoms with van der Waals surface area (Å²) in [6, 6.07) is 19.4. The summed E-state index contributed by atoms with van der Waals surface area (Å²) in [6.07, 6.45) is 1.38. The molecular weight excluding hydrogens is 513 g/mol. The molecule has 1 heterocycles. The molecule has 5 heteroatoms. The fourth-order valence-corrected chi connectivity index (χ4v) is 8.12. The van der Waals surface area contributed by atoms with Crippen LogP contribution in [0, 0.1) is 16.2 Å². The zero-order valence-electron chi connectivity index (χ0n) is 24.2. The molecule has 2 unspecified atom stereocenters. The highest BCUT2D eigenvalue weighted by molar-refractivity contribution is 8.11. The number of thioether (sulfide) groups is 1. The zero-order valence-corrected chi connectivity index (χ0v) is 26.7. The topological polar surface area (TPSA) is 26.3 Å². The van der Waals surface area contributed by atoms with Crippen molar-refractivity contribution in [3.05, 3.63) is 54.6 Å². The molecule has 3 rings (SSSR count). The first-order valence-electron chi connectivity index (χ1n) is 13.0. The molecule has 0 aliphatic carbocycles. The molecule has 0 N–H and O–H groups in total. The number of ether oxygens (including phenoxy) is 1. The van der Waals surface area contributed by atoms with Gasteiger partial charge in [0.05, 0.1) is 9.49 Å². The number of esters is 1. The molecular formula is C32H44O2S3. The van der Waals surface area contributed by atoms with Gasteiger partial charge in [-0.25, -0.2) is 0 Å². The number of hydrogen-bond acceptors (Lipinski definition) is 5. The van der Waals surface area contributed by atoms with Crippen LogP contribution < -0.4 is 0 Å². The van der Waals surface area contributed by atoms with E-state index in [2.05, 4.69) is 104 Å². The van der Waals surface area contributed by atoms with E-state index >= 15 is 0 Å². The molecule has 0 fully saturated rings. The molecule has 37 heavy (non-hydrogen) atoms. The Kier molecular flexibility index (Phi) is 8.64. The van der Waals surface area contributed by atoms with Gasteiger partial charge < -0.3 is 4.74 Å². The maximum atomic E-state index is 13.7. The largest absolute Gasteiger partial charge is 0.459 e. The number of carbonyl (C=O) groups is 1. The van der Waals surface area contributed by atoms with Crippen molar-refractivity contribution in [1.29, 1.82) is 0 Å². The highest BCUT2D eigenvalue weighted by Gasteiger charge is 2.49. The Labute approximate surface area is 238 Å². The van der Waals surface area contributed by atoms with Crippen molar-refractivity contribution in [3.8, 4) is 10.4 Å². The van der Waals surface area contributed by atoms with E-state index in [-0.39, 0.29) is 16.8 Å². The van der Waals surface area contributed by atoms with E-state index in [4.69, 9.17) is 17.4 Å². The van der Waals surface area contributed by atoms with E-state index in [9.17, 15) is 4.79 Å². The lowest BCUT2D eigenvalue weighted by molar-refractivity contribution is -0.178. The SMILES string of the molecule is CC(C)(C)CC(C)(C(=O)OC(C)(C)CC(C)(S)Sc1ccc2cc(-c3ccccc3)sc2c1)C(C)(C)C. The van der Waals surface area contributed by atoms with Crippen molar-refractivity contribution in [2.75, 3.05) is 0 Å². The zero-order chi connectivity index (χ0) is 27.9. The number of thiophene rings is 1. The number of carbonyl (C=O) groups excluding carboxylic acids is 1. The lowest BCUT2D eigenvalue weighted by atomic mass is 9.61. The summed E-state index contributed by atoms with van der Waals surface area (Å²) in [5.41, 5.74) is -0.211. The van der Waals surface area contributed by atoms with Crippen LogP contribution in [0.25, 0.3) is 20.5 Å². The van der Waals surface area contributed by atoms with E-state index in [0.717, 1.165) is 6.42 Å². The molecule has 0 bridgehead atoms. The van der Waals surface area contributed by atoms with Crippen molar-refractivity contribution in [1.82, 2.24) is 0 Å². The van der Waals surface area contributed by atoms with Gasteiger partial charge in [0, 0.05) is 20.9 Å². The van der Waals surface area contributed by atoms with Crippen LogP contribution in [0.3, 0.4) is 0 Å². The monoisotopic (exact) mass is 556 g/mol. The molecule has 0 aliphatic rings. The second-order valence-electron chi connectivity index (χ2n) is 13.6. The van der Waals surface area contributed by atoms with Crippen LogP contribution in [0.1, 0.15) is 82.1 Å². The van der Waals surface area contributed by atoms with Gasteiger partial charge in [-0.05, 0) is 74.1 Å². The third-order valence-electron chi connectivity index (χ3n) is 7.00. The van der Waals surface area contributed by atoms with Crippen LogP contribution in [-0.2, 0) is 9.53 Å². The van der Waals surface area contributed by atoms with E-state index in [1.807, 2.05) is 31.3 Å². The molecule has 1 aromatic heterocycles. The second-order valence-corrected chi connectivity index (χ2v) is 17.5. The normalized spacial score (nSPS) is 16.3. The van der Waals surface area contributed by atoms with Gasteiger partial charge in [0.1, 0.15) is 5.60 Å². The minimum absolute atomic E-state index is 0.0138. The fraction of sp³-hybridized carbons (Fsp3) is 0.531. The Hall–Kier alpha value is -1.43. The number of thiol groups is 1. The number of benzene rings is 2. The Balaban J connectivity index is 1.75. The summed E-state index contributed by atoms with van der Waals surface area (Å²) in [5.74, 6) is -0.123. The quantitative estimate of drug-likeness (QED) is 0.129. The lowest BCUT2D eigenvalue weighted by Crippen LogP contribution is -2.47. The van der Waals surface area contributed by atoms with Crippen molar-refractivity contribution < 1.29 is 9.53 Å². The maximum Gasteiger partial charge on any atom is 0.312 e. The van der Waals surface area contributed by atoms with Gasteiger partial charge in [-0.15, -0.1) is 23.1 Å². The molecule has 0 saturated heterocycles. The fourth-order valence-electron chi connectivity index (χ4n) is 5.00. The average molecular weight is 557 g/mol. The van der Waals surface area contributed by atoms with Gasteiger partial charge in [0.25, 0.3) is 0 Å². The van der Waals surface area contributed by atoms with Gasteiger partial charge in [0.2, 0.25) is 0 Å². The minimum atomic E-state index is -0.654. The van der Waals surface area contributed by atoms with Crippen molar-refractivity contribution >= 4 is 51.8 Å². The summed E-state index contributed by atoms with van der Waals surface area (Å²) in [5, 5.41) is 1.25. The van der Waals surface area contributed by atoms with E-state index < -0.39 is 15.1 Å². The molecule has 2 aromatic carbocycles. The van der Waals surface area contributed by atoms with Crippen LogP contribution in [0.2, 0.25) is 0 Å². The minimum Gasteiger partial charge on any atom is -0.459 e. The molecule has 2 nitrogen and oxygen atoms in total. The summed E-state index contributed by atoms with van der Waals surface area (Å²) < 4.78 is 7.12. The van der Waals surface area contributed by atoms with Crippen LogP contribution in [0.15, 0.2) is 59.5 Å². The second kappa shape index (κ2) is 10.6. The van der Waals surface area contributed by atoms with Crippen LogP contribution >= 0.6 is 35.7 Å². The molecule has 0 radical (unpaired) electrons. The van der Waals surface area contributed by atoms with Gasteiger partial charge >= 0.3 is 5.97 Å². The van der Waals surface area contributed by atoms with E-state index in [1.165, 1.54) is 25.4 Å². The number of hydrogen-bond donors (Lipinski definition) is 1. The summed E-state index contributed by atoms with van der Waals surface area (Å²) >= 11 is 8.58. The predicted octanol–water partition coefficient (Wildman–Crippen LogP) is 10.5. The summed E-state index contributed by atoms with van der Waals surface area (Å²) in [6.45, 7) is 21.1. The molecule has 0 aliphatic heterocycles. The van der Waals surface area contributed by atoms with Gasteiger partial charge in [-0.1, -0.05) is 77.9 Å². The highest BCUT2D eigenvalue weighted by atomic mass is 32.2. The van der Waals surface area contributed by atoms with Gasteiger partial charge in [-0.2, -0.15) is 12.6 Å².